The number of benzene rings is 1. The van der Waals surface area contributed by atoms with E-state index in [2.05, 4.69) is 12.6 Å². The minimum atomic E-state index is -0.0496. The molecule has 2 nitrogen and oxygen atoms in total. The first-order valence-electron chi connectivity index (χ1n) is 3.44. The van der Waals surface area contributed by atoms with Gasteiger partial charge in [-0.2, -0.15) is 0 Å². The van der Waals surface area contributed by atoms with Crippen LogP contribution >= 0.6 is 12.6 Å². The van der Waals surface area contributed by atoms with E-state index in [1.54, 1.807) is 12.1 Å². The van der Waals surface area contributed by atoms with Gasteiger partial charge in [0.25, 0.3) is 0 Å². The van der Waals surface area contributed by atoms with Gasteiger partial charge in [-0.05, 0) is 19.1 Å². The van der Waals surface area contributed by atoms with Crippen LogP contribution in [0.4, 0.5) is 0 Å². The summed E-state index contributed by atoms with van der Waals surface area (Å²) < 4.78 is 0. The molecule has 0 heterocycles. The number of rotatable bonds is 2. The summed E-state index contributed by atoms with van der Waals surface area (Å²) in [6.07, 6.45) is 0.689. The molecule has 0 radical (unpaired) electrons. The number of aldehydes is 1. The summed E-state index contributed by atoms with van der Waals surface area (Å²) in [5.74, 6) is -0.0496. The average molecular weight is 246 g/mol. The topological polar surface area (TPSA) is 34.1 Å². The first-order valence-corrected chi connectivity index (χ1v) is 3.89. The average Bonchev–Trinajstić information content (AvgIpc) is 2.05. The second kappa shape index (κ2) is 5.30. The molecule has 13 heavy (non-hydrogen) atoms. The summed E-state index contributed by atoms with van der Waals surface area (Å²) >= 11 is 4.05. The molecule has 1 aromatic rings. The van der Waals surface area contributed by atoms with Crippen molar-refractivity contribution in [2.45, 2.75) is 11.8 Å². The Morgan fingerprint density at radius 2 is 2.08 bits per heavy atom. The molecule has 4 heteroatoms. The van der Waals surface area contributed by atoms with Gasteiger partial charge in [0.05, 0.1) is 0 Å². The first-order chi connectivity index (χ1) is 5.65. The monoisotopic (exact) mass is 244 g/mol. The van der Waals surface area contributed by atoms with Gasteiger partial charge in [0.15, 0.2) is 12.1 Å². The van der Waals surface area contributed by atoms with Crippen molar-refractivity contribution in [1.82, 2.24) is 0 Å². The Balaban J connectivity index is 0.00000144. The molecule has 1 aromatic carbocycles. The van der Waals surface area contributed by atoms with Gasteiger partial charge in [-0.3, -0.25) is 9.59 Å². The van der Waals surface area contributed by atoms with Crippen LogP contribution in [0.5, 0.6) is 0 Å². The van der Waals surface area contributed by atoms with E-state index < -0.39 is 0 Å². The van der Waals surface area contributed by atoms with Gasteiger partial charge in [-0.25, -0.2) is 0 Å². The van der Waals surface area contributed by atoms with E-state index in [9.17, 15) is 9.59 Å². The smallest absolute Gasteiger partial charge is 0.159 e. The number of Topliss-reactive ketones (excluding diaryl/α,β-unsaturated/α-hetero) is 1. The summed E-state index contributed by atoms with van der Waals surface area (Å²) in [6, 6.07) is 4.83. The van der Waals surface area contributed by atoms with E-state index in [-0.39, 0.29) is 25.3 Å². The molecule has 0 saturated heterocycles. The molecule has 0 amide bonds. The Morgan fingerprint density at radius 1 is 1.46 bits per heavy atom. The quantitative estimate of drug-likeness (QED) is 0.374. The minimum absolute atomic E-state index is 0. The summed E-state index contributed by atoms with van der Waals surface area (Å²) in [4.78, 5) is 21.9. The van der Waals surface area contributed by atoms with E-state index in [0.29, 0.717) is 22.3 Å². The molecule has 0 bridgehead atoms. The second-order valence-electron chi connectivity index (χ2n) is 2.45. The zero-order valence-corrected chi connectivity index (χ0v) is 11.1. The summed E-state index contributed by atoms with van der Waals surface area (Å²) in [5, 5.41) is 0. The maximum absolute atomic E-state index is 10.9. The van der Waals surface area contributed by atoms with Crippen LogP contribution in [-0.4, -0.2) is 12.1 Å². The first kappa shape index (κ1) is 12.5. The molecular weight excluding hydrogens is 238 g/mol. The Morgan fingerprint density at radius 3 is 2.54 bits per heavy atom. The van der Waals surface area contributed by atoms with Crippen molar-refractivity contribution in [1.29, 1.82) is 0 Å². The third kappa shape index (κ3) is 3.05. The molecule has 1 rings (SSSR count). The molecule has 0 aliphatic heterocycles. The zero-order valence-electron chi connectivity index (χ0n) is 7.28. The number of hydrogen-bond donors (Lipinski definition) is 1. The molecule has 0 unspecified atom stereocenters. The third-order valence-corrected chi connectivity index (χ3v) is 1.97. The maximum atomic E-state index is 10.9. The van der Waals surface area contributed by atoms with Crippen LogP contribution in [0, 0.1) is 0 Å². The second-order valence-corrected chi connectivity index (χ2v) is 2.93. The van der Waals surface area contributed by atoms with Crippen LogP contribution in [0.25, 0.3) is 0 Å². The van der Waals surface area contributed by atoms with Gasteiger partial charge in [-0.15, -0.1) is 12.6 Å². The predicted octanol–water partition coefficient (Wildman–Crippen LogP) is 1.99. The molecule has 0 atom stereocenters. The van der Waals surface area contributed by atoms with Crippen LogP contribution < -0.4 is 0 Å². The molecule has 0 aliphatic rings. The van der Waals surface area contributed by atoms with Crippen LogP contribution in [0.2, 0.25) is 0 Å². The fourth-order valence-corrected chi connectivity index (χ4v) is 1.06. The van der Waals surface area contributed by atoms with Crippen LogP contribution in [0.3, 0.4) is 0 Å². The van der Waals surface area contributed by atoms with Gasteiger partial charge >= 0.3 is 0 Å². The van der Waals surface area contributed by atoms with Crippen LogP contribution in [0.1, 0.15) is 27.6 Å². The Labute approximate surface area is 94.9 Å². The normalized spacial score (nSPS) is 8.77. The number of carbonyl (C=O) groups is 2. The van der Waals surface area contributed by atoms with E-state index in [0.717, 1.165) is 0 Å². The van der Waals surface area contributed by atoms with Gasteiger partial charge in [0, 0.05) is 35.5 Å². The fourth-order valence-electron chi connectivity index (χ4n) is 0.868. The summed E-state index contributed by atoms with van der Waals surface area (Å²) in [6.45, 7) is 1.46. The summed E-state index contributed by atoms with van der Waals surface area (Å²) in [7, 11) is 0. The summed E-state index contributed by atoms with van der Waals surface area (Å²) in [5.41, 5.74) is 0.987. The Hall–Kier alpha value is -0.467. The molecule has 64 valence electrons. The van der Waals surface area contributed by atoms with Crippen molar-refractivity contribution < 1.29 is 29.1 Å². The third-order valence-electron chi connectivity index (χ3n) is 1.56. The van der Waals surface area contributed by atoms with E-state index >= 15 is 0 Å². The molecule has 0 fully saturated rings. The Kier molecular flexibility index (Phi) is 5.11. The van der Waals surface area contributed by atoms with Crippen molar-refractivity contribution in [3.05, 3.63) is 29.3 Å². The van der Waals surface area contributed by atoms with Crippen LogP contribution in [0.15, 0.2) is 23.1 Å². The van der Waals surface area contributed by atoms with Crippen molar-refractivity contribution in [2.24, 2.45) is 0 Å². The standard InChI is InChI=1S/C9H8O2S.Zn/c1-6(11)7-2-3-9(12)8(4-7)5-10;/h2-5,12H,1H3;. The van der Waals surface area contributed by atoms with Crippen LogP contribution in [-0.2, 0) is 19.5 Å². The Bertz CT molecular complexity index is 336. The maximum Gasteiger partial charge on any atom is 0.159 e. The van der Waals surface area contributed by atoms with Crippen molar-refractivity contribution >= 4 is 24.7 Å². The number of carbonyl (C=O) groups excluding carboxylic acids is 2. The number of hydrogen-bond acceptors (Lipinski definition) is 3. The SMILES string of the molecule is CC(=O)c1ccc(S)c(C=O)c1.[Zn]. The molecule has 0 aromatic heterocycles. The van der Waals surface area contributed by atoms with E-state index in [4.69, 9.17) is 0 Å². The van der Waals surface area contributed by atoms with Gasteiger partial charge < -0.3 is 0 Å². The molecule has 0 spiro atoms. The van der Waals surface area contributed by atoms with Crippen molar-refractivity contribution in [3.63, 3.8) is 0 Å². The molecular formula is C9H8O2SZn. The van der Waals surface area contributed by atoms with E-state index in [1.165, 1.54) is 13.0 Å². The van der Waals surface area contributed by atoms with Crippen molar-refractivity contribution in [3.8, 4) is 0 Å². The van der Waals surface area contributed by atoms with Gasteiger partial charge in [-0.1, -0.05) is 6.07 Å². The van der Waals surface area contributed by atoms with Crippen molar-refractivity contribution in [2.75, 3.05) is 0 Å². The van der Waals surface area contributed by atoms with E-state index in [1.807, 2.05) is 0 Å². The van der Waals surface area contributed by atoms with Gasteiger partial charge in [0.2, 0.25) is 0 Å². The van der Waals surface area contributed by atoms with Gasteiger partial charge in [0.1, 0.15) is 0 Å². The number of thiol groups is 1. The molecule has 0 aliphatic carbocycles. The zero-order chi connectivity index (χ0) is 9.14. The predicted molar refractivity (Wildman–Crippen MR) is 49.1 cm³/mol. The fraction of sp³-hybridized carbons (Fsp3) is 0.111. The largest absolute Gasteiger partial charge is 0.298 e. The molecule has 0 N–H and O–H groups in total. The minimum Gasteiger partial charge on any atom is -0.298 e. The molecule has 0 saturated carbocycles. The number of ketones is 1.